The monoisotopic (exact) mass is 483 g/mol. The van der Waals surface area contributed by atoms with Gasteiger partial charge in [-0.1, -0.05) is 6.92 Å². The summed E-state index contributed by atoms with van der Waals surface area (Å²) in [6.07, 6.45) is 7.58. The van der Waals surface area contributed by atoms with Gasteiger partial charge in [-0.25, -0.2) is 14.8 Å². The number of anilines is 2. The van der Waals surface area contributed by atoms with E-state index < -0.39 is 18.0 Å². The maximum Gasteiger partial charge on any atom is 0.325 e. The van der Waals surface area contributed by atoms with Crippen molar-refractivity contribution in [2.75, 3.05) is 30.9 Å². The number of likely N-dealkylation sites (N-methyl/N-ethyl adjacent to an activating group) is 1. The number of imidazole rings is 1. The van der Waals surface area contributed by atoms with Gasteiger partial charge in [0.25, 0.3) is 5.91 Å². The molecule has 11 heteroatoms. The minimum Gasteiger partial charge on any atom is -0.384 e. The van der Waals surface area contributed by atoms with E-state index in [1.807, 2.05) is 6.92 Å². The third-order valence-electron chi connectivity index (χ3n) is 7.00. The number of nitrogen functional groups attached to an aromatic ring is 1. The van der Waals surface area contributed by atoms with Crippen LogP contribution in [0, 0.1) is 11.8 Å². The molecular weight excluding hydrogens is 450 g/mol. The molecule has 4 rings (SSSR count). The second kappa shape index (κ2) is 10.4. The van der Waals surface area contributed by atoms with Crippen molar-refractivity contribution in [2.45, 2.75) is 44.7 Å². The molecule has 35 heavy (non-hydrogen) atoms. The summed E-state index contributed by atoms with van der Waals surface area (Å²) in [7, 11) is 3.38. The van der Waals surface area contributed by atoms with E-state index in [9.17, 15) is 14.4 Å². The molecule has 0 unspecified atom stereocenters. The lowest BCUT2D eigenvalue weighted by Crippen LogP contribution is -2.71. The Balaban J connectivity index is 1.56. The van der Waals surface area contributed by atoms with Gasteiger partial charge in [0.05, 0.1) is 5.92 Å². The molecule has 0 bridgehead atoms. The van der Waals surface area contributed by atoms with Crippen LogP contribution in [0.2, 0.25) is 0 Å². The number of aromatic nitrogens is 3. The lowest BCUT2D eigenvalue weighted by atomic mass is 9.81. The van der Waals surface area contributed by atoms with Crippen LogP contribution in [0.3, 0.4) is 0 Å². The van der Waals surface area contributed by atoms with Crippen molar-refractivity contribution in [2.24, 2.45) is 18.9 Å². The smallest absolute Gasteiger partial charge is 0.325 e. The Kier molecular flexibility index (Phi) is 7.34. The molecule has 2 aromatic rings. The molecule has 2 saturated heterocycles. The Labute approximate surface area is 204 Å². The van der Waals surface area contributed by atoms with Crippen molar-refractivity contribution >= 4 is 29.6 Å². The van der Waals surface area contributed by atoms with Gasteiger partial charge in [0, 0.05) is 51.9 Å². The van der Waals surface area contributed by atoms with E-state index in [0.717, 1.165) is 29.7 Å². The second-order valence-corrected chi connectivity index (χ2v) is 9.20. The highest BCUT2D eigenvalue weighted by molar-refractivity contribution is 6.12. The van der Waals surface area contributed by atoms with Gasteiger partial charge < -0.3 is 20.4 Å². The fourth-order valence-electron chi connectivity index (χ4n) is 5.01. The molecule has 2 aromatic heterocycles. The number of β-lactam (4-membered cyclic amide) rings is 1. The average Bonchev–Trinajstić information content (AvgIpc) is 3.29. The Morgan fingerprint density at radius 1 is 1.29 bits per heavy atom. The molecule has 11 nitrogen and oxygen atoms in total. The molecule has 3 N–H and O–H groups in total. The summed E-state index contributed by atoms with van der Waals surface area (Å²) in [5.74, 6) is -0.420. The number of nitrogens with zero attached hydrogens (tertiary/aromatic N) is 5. The fraction of sp³-hybridized carbons (Fsp3) is 0.542. The number of carbonyl (C=O) groups excluding carboxylic acids is 3. The van der Waals surface area contributed by atoms with Crippen LogP contribution in [0.4, 0.5) is 16.6 Å². The largest absolute Gasteiger partial charge is 0.384 e. The molecule has 3 atom stereocenters. The number of carbonyl (C=O) groups is 3. The standard InChI is InChI=1S/C24H33N7O4/c1-4-18(16-6-11-35-12-7-16)28-24(34)31-20(22(33)30(3)23-27-9-10-29(23)2)17(21(31)32)13-15-5-8-26-19(25)14-15/h5,8-10,14,16-18,20H,4,6-7,11-13H2,1-3H3,(H2,25,26)(H,28,34)/t17-,18-,20+/m1/s1. The number of pyridine rings is 1. The molecule has 188 valence electrons. The number of aryl methyl sites for hydroxylation is 1. The first-order valence-electron chi connectivity index (χ1n) is 12.0. The van der Waals surface area contributed by atoms with Gasteiger partial charge in [-0.05, 0) is 49.3 Å². The maximum absolute atomic E-state index is 13.6. The molecule has 0 aromatic carbocycles. The number of nitrogens with two attached hydrogens (primary N) is 1. The average molecular weight is 484 g/mol. The third kappa shape index (κ3) is 5.00. The van der Waals surface area contributed by atoms with Crippen molar-refractivity contribution in [3.63, 3.8) is 0 Å². The van der Waals surface area contributed by atoms with Crippen LogP contribution in [0.15, 0.2) is 30.7 Å². The molecule has 4 heterocycles. The van der Waals surface area contributed by atoms with Gasteiger partial charge in [-0.15, -0.1) is 0 Å². The van der Waals surface area contributed by atoms with Crippen LogP contribution < -0.4 is 16.0 Å². The highest BCUT2D eigenvalue weighted by atomic mass is 16.5. The topological polar surface area (TPSA) is 136 Å². The predicted molar refractivity (Wildman–Crippen MR) is 129 cm³/mol. The quantitative estimate of drug-likeness (QED) is 0.567. The van der Waals surface area contributed by atoms with Gasteiger partial charge in [-0.3, -0.25) is 19.4 Å². The summed E-state index contributed by atoms with van der Waals surface area (Å²) in [5, 5.41) is 3.02. The van der Waals surface area contributed by atoms with Crippen molar-refractivity contribution in [1.82, 2.24) is 24.8 Å². The molecule has 0 saturated carbocycles. The number of ether oxygens (including phenoxy) is 1. The normalized spacial score (nSPS) is 21.3. The number of hydrogen-bond donors (Lipinski definition) is 2. The number of urea groups is 1. The Hall–Kier alpha value is -3.47. The Morgan fingerprint density at radius 3 is 2.66 bits per heavy atom. The Bertz CT molecular complexity index is 1080. The number of rotatable bonds is 7. The summed E-state index contributed by atoms with van der Waals surface area (Å²) < 4.78 is 7.15. The van der Waals surface area contributed by atoms with E-state index in [0.29, 0.717) is 25.0 Å². The molecule has 2 aliphatic rings. The minimum absolute atomic E-state index is 0.0960. The van der Waals surface area contributed by atoms with Gasteiger partial charge in [0.2, 0.25) is 11.9 Å². The first-order chi connectivity index (χ1) is 16.8. The zero-order valence-corrected chi connectivity index (χ0v) is 20.4. The van der Waals surface area contributed by atoms with E-state index in [4.69, 9.17) is 10.5 Å². The van der Waals surface area contributed by atoms with Crippen LogP contribution in [0.5, 0.6) is 0 Å². The van der Waals surface area contributed by atoms with Gasteiger partial charge in [0.1, 0.15) is 11.9 Å². The number of amides is 4. The SMILES string of the molecule is CC[C@@H](NC(=O)N1C(=O)[C@H](Cc2ccnc(N)c2)[C@H]1C(=O)N(C)c1nccn1C)C1CCOCC1. The van der Waals surface area contributed by atoms with Crippen LogP contribution in [-0.4, -0.2) is 69.6 Å². The van der Waals surface area contributed by atoms with Crippen LogP contribution in [-0.2, 0) is 27.8 Å². The summed E-state index contributed by atoms with van der Waals surface area (Å²) in [6.45, 7) is 3.32. The zero-order valence-electron chi connectivity index (χ0n) is 20.4. The van der Waals surface area contributed by atoms with E-state index in [1.54, 1.807) is 49.4 Å². The Morgan fingerprint density at radius 2 is 2.03 bits per heavy atom. The van der Waals surface area contributed by atoms with Crippen molar-refractivity contribution in [3.05, 3.63) is 36.3 Å². The first-order valence-corrected chi connectivity index (χ1v) is 12.0. The number of imide groups is 1. The predicted octanol–water partition coefficient (Wildman–Crippen LogP) is 1.34. The summed E-state index contributed by atoms with van der Waals surface area (Å²) in [6, 6.07) is 1.85. The maximum atomic E-state index is 13.6. The first kappa shape index (κ1) is 24.6. The molecule has 0 spiro atoms. The highest BCUT2D eigenvalue weighted by Crippen LogP contribution is 2.33. The molecule has 0 radical (unpaired) electrons. The van der Waals surface area contributed by atoms with Crippen molar-refractivity contribution in [1.29, 1.82) is 0 Å². The van der Waals surface area contributed by atoms with Gasteiger partial charge in [0.15, 0.2) is 0 Å². The van der Waals surface area contributed by atoms with E-state index in [2.05, 4.69) is 15.3 Å². The number of likely N-dealkylation sites (tertiary alicyclic amines) is 1. The number of hydrogen-bond acceptors (Lipinski definition) is 7. The number of nitrogens with one attached hydrogen (secondary N) is 1. The lowest BCUT2D eigenvalue weighted by molar-refractivity contribution is -0.156. The summed E-state index contributed by atoms with van der Waals surface area (Å²) >= 11 is 0. The molecular formula is C24H33N7O4. The molecule has 2 fully saturated rings. The van der Waals surface area contributed by atoms with Gasteiger partial charge in [-0.2, -0.15) is 0 Å². The van der Waals surface area contributed by atoms with Crippen molar-refractivity contribution in [3.8, 4) is 0 Å². The molecule has 2 aliphatic heterocycles. The highest BCUT2D eigenvalue weighted by Gasteiger charge is 2.55. The zero-order chi connectivity index (χ0) is 25.1. The lowest BCUT2D eigenvalue weighted by Gasteiger charge is -2.46. The van der Waals surface area contributed by atoms with Crippen LogP contribution in [0.25, 0.3) is 0 Å². The fourth-order valence-corrected chi connectivity index (χ4v) is 5.01. The molecule has 0 aliphatic carbocycles. The van der Waals surface area contributed by atoms with E-state index >= 15 is 0 Å². The third-order valence-corrected chi connectivity index (χ3v) is 7.00. The van der Waals surface area contributed by atoms with E-state index in [1.165, 1.54) is 4.90 Å². The van der Waals surface area contributed by atoms with E-state index in [-0.39, 0.29) is 30.2 Å². The summed E-state index contributed by atoms with van der Waals surface area (Å²) in [4.78, 5) is 50.9. The van der Waals surface area contributed by atoms with Crippen LogP contribution >= 0.6 is 0 Å². The summed E-state index contributed by atoms with van der Waals surface area (Å²) in [5.41, 5.74) is 6.58. The van der Waals surface area contributed by atoms with Crippen molar-refractivity contribution < 1.29 is 19.1 Å². The van der Waals surface area contributed by atoms with Crippen LogP contribution in [0.1, 0.15) is 31.7 Å². The second-order valence-electron chi connectivity index (χ2n) is 9.20. The molecule has 4 amide bonds. The minimum atomic E-state index is -0.953. The van der Waals surface area contributed by atoms with Gasteiger partial charge >= 0.3 is 6.03 Å².